The van der Waals surface area contributed by atoms with Crippen molar-refractivity contribution in [3.05, 3.63) is 68.8 Å². The Hall–Kier alpha value is -2.75. The van der Waals surface area contributed by atoms with E-state index in [9.17, 15) is 18.0 Å². The van der Waals surface area contributed by atoms with Crippen molar-refractivity contribution in [3.8, 4) is 0 Å². The number of nitrogens with zero attached hydrogens (tertiary/aromatic N) is 2. The maximum Gasteiger partial charge on any atom is 0.282 e. The molecule has 1 aliphatic carbocycles. The fourth-order valence-corrected chi connectivity index (χ4v) is 4.83. The van der Waals surface area contributed by atoms with E-state index in [0.29, 0.717) is 27.1 Å². The average Bonchev–Trinajstić information content (AvgIpc) is 3.22. The third-order valence-electron chi connectivity index (χ3n) is 4.78. The van der Waals surface area contributed by atoms with E-state index in [-0.39, 0.29) is 24.4 Å². The monoisotopic (exact) mass is 475 g/mol. The van der Waals surface area contributed by atoms with Crippen molar-refractivity contribution in [1.82, 2.24) is 14.3 Å². The number of ketones is 1. The van der Waals surface area contributed by atoms with E-state index in [1.807, 2.05) is 17.0 Å². The number of Topliss-reactive ketones (excluding diaryl/α,β-unsaturated/α-hetero) is 1. The van der Waals surface area contributed by atoms with E-state index in [1.54, 1.807) is 41.0 Å². The number of halogens is 1. The molecule has 2 aromatic heterocycles. The maximum absolute atomic E-state index is 13.2. The van der Waals surface area contributed by atoms with Gasteiger partial charge in [0.2, 0.25) is 10.0 Å². The van der Waals surface area contributed by atoms with Gasteiger partial charge in [-0.3, -0.25) is 9.59 Å². The first-order chi connectivity index (χ1) is 14.6. The van der Waals surface area contributed by atoms with E-state index >= 15 is 0 Å². The summed E-state index contributed by atoms with van der Waals surface area (Å²) >= 11 is 7.72. The second-order valence-corrected chi connectivity index (χ2v) is 10.4. The van der Waals surface area contributed by atoms with Gasteiger partial charge in [0.05, 0.1) is 23.5 Å². The number of thiazole rings is 1. The number of hydrogen-bond acceptors (Lipinski definition) is 6. The van der Waals surface area contributed by atoms with Crippen LogP contribution in [0.5, 0.6) is 0 Å². The van der Waals surface area contributed by atoms with Gasteiger partial charge in [-0.2, -0.15) is 0 Å². The van der Waals surface area contributed by atoms with Gasteiger partial charge in [0.1, 0.15) is 5.69 Å². The molecule has 0 bridgehead atoms. The number of fused-ring (bicyclic) bond motifs is 1. The molecule has 0 spiro atoms. The van der Waals surface area contributed by atoms with Crippen LogP contribution < -0.4 is 4.72 Å². The van der Waals surface area contributed by atoms with Crippen LogP contribution in [0.1, 0.15) is 33.2 Å². The summed E-state index contributed by atoms with van der Waals surface area (Å²) in [6.07, 6.45) is 6.21. The Kier molecular flexibility index (Phi) is 5.59. The van der Waals surface area contributed by atoms with E-state index in [4.69, 9.17) is 11.6 Å². The van der Waals surface area contributed by atoms with Gasteiger partial charge in [0.15, 0.2) is 5.78 Å². The Balaban J connectivity index is 2.05. The summed E-state index contributed by atoms with van der Waals surface area (Å²) < 4.78 is 27.4. The first-order valence-corrected chi connectivity index (χ1v) is 12.4. The lowest BCUT2D eigenvalue weighted by molar-refractivity contribution is -0.113. The molecule has 1 amide bonds. The van der Waals surface area contributed by atoms with Gasteiger partial charge in [-0.15, -0.1) is 11.3 Å². The molecule has 0 unspecified atom stereocenters. The highest BCUT2D eigenvalue weighted by Gasteiger charge is 2.29. The largest absolute Gasteiger partial charge is 0.330 e. The van der Waals surface area contributed by atoms with Gasteiger partial charge >= 0.3 is 0 Å². The zero-order valence-corrected chi connectivity index (χ0v) is 19.1. The first kappa shape index (κ1) is 21.5. The zero-order chi connectivity index (χ0) is 22.3. The molecule has 0 atom stereocenters. The highest BCUT2D eigenvalue weighted by Crippen LogP contribution is 2.36. The summed E-state index contributed by atoms with van der Waals surface area (Å²) in [5.41, 5.74) is 2.13. The molecule has 7 nitrogen and oxygen atoms in total. The predicted octanol–water partition coefficient (Wildman–Crippen LogP) is 3.71. The topological polar surface area (TPSA) is 98.1 Å². The minimum Gasteiger partial charge on any atom is -0.330 e. The second-order valence-electron chi connectivity index (χ2n) is 7.17. The summed E-state index contributed by atoms with van der Waals surface area (Å²) in [6, 6.07) is 5.12. The molecule has 4 rings (SSSR count). The normalized spacial score (nSPS) is 14.2. The lowest BCUT2D eigenvalue weighted by Crippen LogP contribution is -2.32. The number of benzene rings is 1. The molecule has 0 saturated carbocycles. The van der Waals surface area contributed by atoms with Gasteiger partial charge in [0.25, 0.3) is 5.91 Å². The van der Waals surface area contributed by atoms with E-state index in [2.05, 4.69) is 4.98 Å². The molecule has 1 aromatic carbocycles. The van der Waals surface area contributed by atoms with Crippen molar-refractivity contribution in [3.63, 3.8) is 0 Å². The fourth-order valence-electron chi connectivity index (χ4n) is 3.62. The van der Waals surface area contributed by atoms with Crippen molar-refractivity contribution >= 4 is 61.1 Å². The molecule has 0 aliphatic heterocycles. The number of sulfonamides is 1. The summed E-state index contributed by atoms with van der Waals surface area (Å²) in [4.78, 5) is 30.4. The smallest absolute Gasteiger partial charge is 0.282 e. The molecule has 0 fully saturated rings. The summed E-state index contributed by atoms with van der Waals surface area (Å²) in [5.74, 6) is -0.987. The quantitative estimate of drug-likeness (QED) is 0.606. The van der Waals surface area contributed by atoms with Gasteiger partial charge < -0.3 is 4.57 Å². The van der Waals surface area contributed by atoms with Crippen LogP contribution in [0.15, 0.2) is 41.8 Å². The molecule has 160 valence electrons. The van der Waals surface area contributed by atoms with Crippen LogP contribution in [-0.2, 0) is 21.4 Å². The molecule has 1 N–H and O–H groups in total. The Morgan fingerprint density at radius 2 is 2.13 bits per heavy atom. The van der Waals surface area contributed by atoms with Crippen molar-refractivity contribution in [1.29, 1.82) is 0 Å². The number of aryl methyl sites for hydroxylation is 1. The number of hydrogen-bond donors (Lipinski definition) is 1. The number of aromatic nitrogens is 2. The SMILES string of the molecule is Cc1nc(Cn2c(C(=O)NS(C)(=O)=O)c(C3=CC=CCC3=O)c3cc(Cl)ccc32)cs1. The number of allylic oxidation sites excluding steroid dienone is 4. The second kappa shape index (κ2) is 8.07. The van der Waals surface area contributed by atoms with Crippen molar-refractivity contribution in [2.24, 2.45) is 0 Å². The molecule has 3 aromatic rings. The fraction of sp³-hybridized carbons (Fsp3) is 0.190. The highest BCUT2D eigenvalue weighted by atomic mass is 35.5. The van der Waals surface area contributed by atoms with Crippen molar-refractivity contribution < 1.29 is 18.0 Å². The Bertz CT molecular complexity index is 1400. The molecule has 31 heavy (non-hydrogen) atoms. The average molecular weight is 476 g/mol. The first-order valence-electron chi connectivity index (χ1n) is 9.29. The number of rotatable bonds is 5. The molecule has 0 radical (unpaired) electrons. The molecule has 1 aliphatic rings. The van der Waals surface area contributed by atoms with E-state index in [0.717, 1.165) is 17.0 Å². The Morgan fingerprint density at radius 1 is 1.35 bits per heavy atom. The zero-order valence-electron chi connectivity index (χ0n) is 16.7. The van der Waals surface area contributed by atoms with Crippen molar-refractivity contribution in [2.75, 3.05) is 6.26 Å². The van der Waals surface area contributed by atoms with Gasteiger partial charge in [-0.25, -0.2) is 18.1 Å². The lowest BCUT2D eigenvalue weighted by Gasteiger charge is -2.13. The third-order valence-corrected chi connectivity index (χ3v) is 6.39. The van der Waals surface area contributed by atoms with Crippen LogP contribution in [-0.4, -0.2) is 35.9 Å². The van der Waals surface area contributed by atoms with Crippen LogP contribution in [0.3, 0.4) is 0 Å². The number of amides is 1. The molecule has 10 heteroatoms. The summed E-state index contributed by atoms with van der Waals surface area (Å²) in [6.45, 7) is 2.11. The predicted molar refractivity (Wildman–Crippen MR) is 122 cm³/mol. The van der Waals surface area contributed by atoms with Gasteiger partial charge in [-0.05, 0) is 25.1 Å². The van der Waals surface area contributed by atoms with Gasteiger partial charge in [-0.1, -0.05) is 29.8 Å². The minimum atomic E-state index is -3.83. The van der Waals surface area contributed by atoms with Crippen LogP contribution in [0.2, 0.25) is 5.02 Å². The third kappa shape index (κ3) is 4.34. The Morgan fingerprint density at radius 3 is 2.77 bits per heavy atom. The standard InChI is InChI=1S/C21H18ClN3O4S2/c1-12-23-14(11-30-12)10-25-17-8-7-13(22)9-16(17)19(15-5-3-4-6-18(15)26)20(25)21(27)24-31(2,28)29/h3-5,7-9,11H,6,10H2,1-2H3,(H,24,27). The van der Waals surface area contributed by atoms with Crippen molar-refractivity contribution in [2.45, 2.75) is 19.9 Å². The van der Waals surface area contributed by atoms with E-state index < -0.39 is 15.9 Å². The molecular formula is C21H18ClN3O4S2. The van der Waals surface area contributed by atoms with Gasteiger partial charge in [0, 0.05) is 38.9 Å². The number of carbonyl (C=O) groups is 2. The molecular weight excluding hydrogens is 458 g/mol. The number of carbonyl (C=O) groups excluding carboxylic acids is 2. The summed E-state index contributed by atoms with van der Waals surface area (Å²) in [5, 5.41) is 3.77. The van der Waals surface area contributed by atoms with Crippen LogP contribution in [0.4, 0.5) is 0 Å². The van der Waals surface area contributed by atoms with E-state index in [1.165, 1.54) is 11.3 Å². The highest BCUT2D eigenvalue weighted by molar-refractivity contribution is 7.89. The molecule has 2 heterocycles. The minimum absolute atomic E-state index is 0.0724. The number of nitrogens with one attached hydrogen (secondary N) is 1. The van der Waals surface area contributed by atoms with Crippen LogP contribution in [0.25, 0.3) is 16.5 Å². The van der Waals surface area contributed by atoms with Crippen LogP contribution in [0, 0.1) is 6.92 Å². The maximum atomic E-state index is 13.2. The Labute approximate surface area is 188 Å². The lowest BCUT2D eigenvalue weighted by atomic mass is 9.93. The summed E-state index contributed by atoms with van der Waals surface area (Å²) in [7, 11) is -3.83. The molecule has 0 saturated heterocycles. The van der Waals surface area contributed by atoms with Crippen LogP contribution >= 0.6 is 22.9 Å².